The molecular weight excluding hydrogens is 292 g/mol. The van der Waals surface area contributed by atoms with Gasteiger partial charge in [0.1, 0.15) is 5.76 Å². The van der Waals surface area contributed by atoms with Crippen LogP contribution in [0.1, 0.15) is 41.6 Å². The molecule has 1 fully saturated rings. The van der Waals surface area contributed by atoms with E-state index in [1.54, 1.807) is 0 Å². The standard InChI is InChI=1S/C16H20N6O/c1-11-3-4-15-18-19-16(22(15)20-11)13-5-7-21(8-6-13)10-14-9-17-23-12(14)2/h3-4,9,13H,5-8,10H2,1-2H3. The van der Waals surface area contributed by atoms with Crippen molar-refractivity contribution in [2.45, 2.75) is 39.2 Å². The van der Waals surface area contributed by atoms with E-state index in [4.69, 9.17) is 4.52 Å². The number of fused-ring (bicyclic) bond motifs is 1. The van der Waals surface area contributed by atoms with Crippen molar-refractivity contribution in [2.24, 2.45) is 0 Å². The number of hydrogen-bond acceptors (Lipinski definition) is 6. The van der Waals surface area contributed by atoms with Crippen LogP contribution in [0, 0.1) is 13.8 Å². The molecule has 0 aliphatic carbocycles. The zero-order valence-electron chi connectivity index (χ0n) is 13.4. The summed E-state index contributed by atoms with van der Waals surface area (Å²) in [4.78, 5) is 2.44. The highest BCUT2D eigenvalue weighted by Gasteiger charge is 2.25. The molecule has 7 heteroatoms. The van der Waals surface area contributed by atoms with Crippen molar-refractivity contribution in [2.75, 3.05) is 13.1 Å². The Morgan fingerprint density at radius 3 is 2.74 bits per heavy atom. The SMILES string of the molecule is Cc1ccc2nnc(C3CCN(Cc4cnoc4C)CC3)n2n1. The highest BCUT2D eigenvalue weighted by Crippen LogP contribution is 2.27. The van der Waals surface area contributed by atoms with Gasteiger partial charge in [0, 0.05) is 18.0 Å². The Kier molecular flexibility index (Phi) is 3.57. The Balaban J connectivity index is 1.46. The van der Waals surface area contributed by atoms with Gasteiger partial charge in [0.15, 0.2) is 11.5 Å². The lowest BCUT2D eigenvalue weighted by Crippen LogP contribution is -2.33. The molecule has 0 radical (unpaired) electrons. The predicted molar refractivity (Wildman–Crippen MR) is 84.0 cm³/mol. The molecule has 1 aliphatic heterocycles. The summed E-state index contributed by atoms with van der Waals surface area (Å²) in [5, 5.41) is 17.0. The van der Waals surface area contributed by atoms with Crippen LogP contribution >= 0.6 is 0 Å². The summed E-state index contributed by atoms with van der Waals surface area (Å²) >= 11 is 0. The number of likely N-dealkylation sites (tertiary alicyclic amines) is 1. The Bertz CT molecular complexity index is 815. The molecule has 7 nitrogen and oxygen atoms in total. The Labute approximate surface area is 134 Å². The molecule has 1 aliphatic rings. The lowest BCUT2D eigenvalue weighted by atomic mass is 9.96. The Morgan fingerprint density at radius 1 is 1.17 bits per heavy atom. The van der Waals surface area contributed by atoms with E-state index in [1.807, 2.05) is 36.7 Å². The van der Waals surface area contributed by atoms with Gasteiger partial charge in [-0.15, -0.1) is 10.2 Å². The van der Waals surface area contributed by atoms with Crippen molar-refractivity contribution in [1.82, 2.24) is 29.9 Å². The van der Waals surface area contributed by atoms with Gasteiger partial charge in [0.05, 0.1) is 11.9 Å². The molecule has 4 rings (SSSR count). The highest BCUT2D eigenvalue weighted by atomic mass is 16.5. The quantitative estimate of drug-likeness (QED) is 0.737. The minimum atomic E-state index is 0.416. The van der Waals surface area contributed by atoms with Crippen molar-refractivity contribution < 1.29 is 4.52 Å². The fraction of sp³-hybridized carbons (Fsp3) is 0.500. The third-order valence-corrected chi connectivity index (χ3v) is 4.62. The number of rotatable bonds is 3. The summed E-state index contributed by atoms with van der Waals surface area (Å²) < 4.78 is 7.04. The molecule has 23 heavy (non-hydrogen) atoms. The van der Waals surface area contributed by atoms with E-state index < -0.39 is 0 Å². The average Bonchev–Trinajstić information content (AvgIpc) is 3.15. The molecule has 0 saturated carbocycles. The van der Waals surface area contributed by atoms with E-state index >= 15 is 0 Å². The third-order valence-electron chi connectivity index (χ3n) is 4.62. The van der Waals surface area contributed by atoms with Gasteiger partial charge in [-0.2, -0.15) is 9.61 Å². The van der Waals surface area contributed by atoms with E-state index in [0.29, 0.717) is 5.92 Å². The molecule has 1 saturated heterocycles. The van der Waals surface area contributed by atoms with Crippen LogP contribution in [0.5, 0.6) is 0 Å². The summed E-state index contributed by atoms with van der Waals surface area (Å²) in [6.45, 7) is 6.94. The molecule has 4 heterocycles. The van der Waals surface area contributed by atoms with Crippen LogP contribution in [-0.2, 0) is 6.54 Å². The average molecular weight is 312 g/mol. The van der Waals surface area contributed by atoms with Crippen LogP contribution in [0.4, 0.5) is 0 Å². The van der Waals surface area contributed by atoms with Gasteiger partial charge in [0.25, 0.3) is 0 Å². The van der Waals surface area contributed by atoms with E-state index in [1.165, 1.54) is 5.56 Å². The van der Waals surface area contributed by atoms with Gasteiger partial charge in [0.2, 0.25) is 0 Å². The monoisotopic (exact) mass is 312 g/mol. The first kappa shape index (κ1) is 14.3. The first-order valence-corrected chi connectivity index (χ1v) is 8.02. The summed E-state index contributed by atoms with van der Waals surface area (Å²) in [5.41, 5.74) is 2.99. The molecule has 0 unspecified atom stereocenters. The minimum Gasteiger partial charge on any atom is -0.361 e. The van der Waals surface area contributed by atoms with Crippen LogP contribution in [-0.4, -0.2) is 43.0 Å². The van der Waals surface area contributed by atoms with Gasteiger partial charge >= 0.3 is 0 Å². The molecular formula is C16H20N6O. The van der Waals surface area contributed by atoms with Crippen LogP contribution in [0.2, 0.25) is 0 Å². The first-order valence-electron chi connectivity index (χ1n) is 8.02. The van der Waals surface area contributed by atoms with E-state index in [9.17, 15) is 0 Å². The number of hydrogen-bond donors (Lipinski definition) is 0. The topological polar surface area (TPSA) is 72.4 Å². The van der Waals surface area contributed by atoms with Crippen LogP contribution < -0.4 is 0 Å². The molecule has 120 valence electrons. The lowest BCUT2D eigenvalue weighted by Gasteiger charge is -2.30. The van der Waals surface area contributed by atoms with Crippen LogP contribution in [0.25, 0.3) is 5.65 Å². The summed E-state index contributed by atoms with van der Waals surface area (Å²) in [7, 11) is 0. The van der Waals surface area contributed by atoms with Gasteiger partial charge in [-0.3, -0.25) is 4.90 Å². The number of nitrogens with zero attached hydrogens (tertiary/aromatic N) is 6. The van der Waals surface area contributed by atoms with Gasteiger partial charge in [-0.05, 0) is 51.9 Å². The summed E-state index contributed by atoms with van der Waals surface area (Å²) in [5.74, 6) is 2.32. The van der Waals surface area contributed by atoms with E-state index in [2.05, 4.69) is 25.4 Å². The fourth-order valence-corrected chi connectivity index (χ4v) is 3.21. The smallest absolute Gasteiger partial charge is 0.177 e. The molecule has 3 aromatic rings. The summed E-state index contributed by atoms with van der Waals surface area (Å²) in [6.07, 6.45) is 3.96. The second kappa shape index (κ2) is 5.73. The Morgan fingerprint density at radius 2 is 2.00 bits per heavy atom. The maximum atomic E-state index is 5.14. The maximum Gasteiger partial charge on any atom is 0.177 e. The molecule has 0 amide bonds. The summed E-state index contributed by atoms with van der Waals surface area (Å²) in [6, 6.07) is 3.94. The van der Waals surface area contributed by atoms with Gasteiger partial charge in [-0.25, -0.2) is 0 Å². The van der Waals surface area contributed by atoms with E-state index in [0.717, 1.165) is 55.4 Å². The van der Waals surface area contributed by atoms with Crippen molar-refractivity contribution in [1.29, 1.82) is 0 Å². The Hall–Kier alpha value is -2.28. The molecule has 0 aromatic carbocycles. The van der Waals surface area contributed by atoms with Crippen LogP contribution in [0.15, 0.2) is 22.9 Å². The zero-order valence-corrected chi connectivity index (χ0v) is 13.4. The number of piperidine rings is 1. The second-order valence-electron chi connectivity index (χ2n) is 6.26. The number of aromatic nitrogens is 5. The predicted octanol–water partition coefficient (Wildman–Crippen LogP) is 2.11. The van der Waals surface area contributed by atoms with Crippen molar-refractivity contribution in [3.05, 3.63) is 41.2 Å². The van der Waals surface area contributed by atoms with Crippen molar-refractivity contribution in [3.8, 4) is 0 Å². The molecule has 3 aromatic heterocycles. The molecule has 0 N–H and O–H groups in total. The van der Waals surface area contributed by atoms with Gasteiger partial charge in [-0.1, -0.05) is 5.16 Å². The molecule has 0 spiro atoms. The third kappa shape index (κ3) is 2.72. The minimum absolute atomic E-state index is 0.416. The van der Waals surface area contributed by atoms with Crippen molar-refractivity contribution >= 4 is 5.65 Å². The fourth-order valence-electron chi connectivity index (χ4n) is 3.21. The van der Waals surface area contributed by atoms with Crippen molar-refractivity contribution in [3.63, 3.8) is 0 Å². The first-order chi connectivity index (χ1) is 11.2. The van der Waals surface area contributed by atoms with E-state index in [-0.39, 0.29) is 0 Å². The lowest BCUT2D eigenvalue weighted by molar-refractivity contribution is 0.200. The highest BCUT2D eigenvalue weighted by molar-refractivity contribution is 5.36. The van der Waals surface area contributed by atoms with Crippen LogP contribution in [0.3, 0.4) is 0 Å². The van der Waals surface area contributed by atoms with Gasteiger partial charge < -0.3 is 4.52 Å². The molecule has 0 atom stereocenters. The zero-order chi connectivity index (χ0) is 15.8. The molecule has 0 bridgehead atoms. The number of aryl methyl sites for hydroxylation is 2. The largest absolute Gasteiger partial charge is 0.361 e. The maximum absolute atomic E-state index is 5.14. The second-order valence-corrected chi connectivity index (χ2v) is 6.26. The normalized spacial score (nSPS) is 17.1.